The number of thiocarbonyl (C=S) groups is 1. The Hall–Kier alpha value is -1.99. The van der Waals surface area contributed by atoms with E-state index >= 15 is 0 Å². The van der Waals surface area contributed by atoms with Gasteiger partial charge in [-0.1, -0.05) is 77.3 Å². The van der Waals surface area contributed by atoms with Gasteiger partial charge in [-0.15, -0.1) is 0 Å². The number of hydrogen-bond donors (Lipinski definition) is 1. The Balaban J connectivity index is 1.82. The van der Waals surface area contributed by atoms with Crippen molar-refractivity contribution in [1.82, 2.24) is 10.2 Å². The minimum absolute atomic E-state index is 0.376. The molecule has 1 aliphatic heterocycles. The fourth-order valence-electron chi connectivity index (χ4n) is 3.53. The second-order valence-electron chi connectivity index (χ2n) is 7.56. The zero-order valence-corrected chi connectivity index (χ0v) is 20.9. The molecule has 9 heteroatoms. The van der Waals surface area contributed by atoms with Crippen LogP contribution < -0.4 is 15.1 Å². The summed E-state index contributed by atoms with van der Waals surface area (Å²) in [4.78, 5) is 18.5. The van der Waals surface area contributed by atoms with Crippen molar-refractivity contribution >= 4 is 75.5 Å². The SMILES string of the molecule is CN(C)c1ccccc1N1CCCN(C(NC(=O)/C=C/c2ccccc2)C(Cl)(Cl)Cl)C1=S. The second-order valence-corrected chi connectivity index (χ2v) is 10.3. The Kier molecular flexibility index (Phi) is 8.28. The van der Waals surface area contributed by atoms with Crippen LogP contribution >= 0.6 is 47.0 Å². The van der Waals surface area contributed by atoms with Crippen molar-refractivity contribution in [2.45, 2.75) is 16.4 Å². The number of hydrogen-bond acceptors (Lipinski definition) is 3. The summed E-state index contributed by atoms with van der Waals surface area (Å²) in [6.45, 7) is 1.29. The van der Waals surface area contributed by atoms with E-state index in [4.69, 9.17) is 47.0 Å². The fourth-order valence-corrected chi connectivity index (χ4v) is 4.44. The third-order valence-corrected chi connectivity index (χ3v) is 6.11. The van der Waals surface area contributed by atoms with Crippen LogP contribution in [0.2, 0.25) is 0 Å². The van der Waals surface area contributed by atoms with E-state index in [1.807, 2.05) is 78.5 Å². The largest absolute Gasteiger partial charge is 0.376 e. The molecule has 0 saturated carbocycles. The summed E-state index contributed by atoms with van der Waals surface area (Å²) in [6, 6.07) is 17.5. The maximum atomic E-state index is 12.7. The van der Waals surface area contributed by atoms with E-state index in [9.17, 15) is 4.79 Å². The smallest absolute Gasteiger partial charge is 0.245 e. The summed E-state index contributed by atoms with van der Waals surface area (Å²) in [7, 11) is 3.96. The molecule has 1 aliphatic rings. The van der Waals surface area contributed by atoms with E-state index in [2.05, 4.69) is 5.32 Å². The molecular weight excluding hydrogens is 487 g/mol. The molecule has 1 amide bonds. The summed E-state index contributed by atoms with van der Waals surface area (Å²) < 4.78 is -1.79. The van der Waals surface area contributed by atoms with Crippen molar-refractivity contribution in [3.05, 3.63) is 66.2 Å². The summed E-state index contributed by atoms with van der Waals surface area (Å²) in [5.41, 5.74) is 2.88. The summed E-state index contributed by atoms with van der Waals surface area (Å²) >= 11 is 24.7. The highest BCUT2D eigenvalue weighted by molar-refractivity contribution is 7.80. The average Bonchev–Trinajstić information content (AvgIpc) is 2.76. The minimum Gasteiger partial charge on any atom is -0.376 e. The number of rotatable bonds is 6. The number of halogens is 3. The van der Waals surface area contributed by atoms with Crippen molar-refractivity contribution in [3.8, 4) is 0 Å². The van der Waals surface area contributed by atoms with Crippen molar-refractivity contribution in [1.29, 1.82) is 0 Å². The molecule has 1 heterocycles. The lowest BCUT2D eigenvalue weighted by Crippen LogP contribution is -2.62. The minimum atomic E-state index is -1.79. The van der Waals surface area contributed by atoms with Crippen LogP contribution in [-0.4, -0.2) is 53.1 Å². The Morgan fingerprint density at radius 3 is 2.41 bits per heavy atom. The lowest BCUT2D eigenvalue weighted by Gasteiger charge is -2.45. The fraction of sp³-hybridized carbons (Fsp3) is 0.304. The number of nitrogens with one attached hydrogen (secondary N) is 1. The number of benzene rings is 2. The predicted molar refractivity (Wildman–Crippen MR) is 140 cm³/mol. The van der Waals surface area contributed by atoms with E-state index in [1.54, 1.807) is 11.0 Å². The molecule has 32 heavy (non-hydrogen) atoms. The molecular formula is C23H25Cl3N4OS. The van der Waals surface area contributed by atoms with Crippen LogP contribution in [0.1, 0.15) is 12.0 Å². The molecule has 0 radical (unpaired) electrons. The van der Waals surface area contributed by atoms with E-state index in [-0.39, 0.29) is 5.91 Å². The van der Waals surface area contributed by atoms with Gasteiger partial charge in [0.25, 0.3) is 0 Å². The number of anilines is 2. The van der Waals surface area contributed by atoms with Crippen LogP contribution in [0.4, 0.5) is 11.4 Å². The first-order valence-corrected chi connectivity index (χ1v) is 11.7. The average molecular weight is 512 g/mol. The van der Waals surface area contributed by atoms with Gasteiger partial charge in [0.15, 0.2) is 11.3 Å². The van der Waals surface area contributed by atoms with Gasteiger partial charge >= 0.3 is 0 Å². The van der Waals surface area contributed by atoms with Crippen LogP contribution in [-0.2, 0) is 4.79 Å². The van der Waals surface area contributed by atoms with Gasteiger partial charge in [-0.05, 0) is 42.4 Å². The van der Waals surface area contributed by atoms with Gasteiger partial charge in [-0.3, -0.25) is 4.79 Å². The van der Waals surface area contributed by atoms with Crippen molar-refractivity contribution in [2.75, 3.05) is 37.0 Å². The molecule has 0 aromatic heterocycles. The van der Waals surface area contributed by atoms with E-state index in [1.165, 1.54) is 6.08 Å². The van der Waals surface area contributed by atoms with E-state index < -0.39 is 9.96 Å². The summed E-state index contributed by atoms with van der Waals surface area (Å²) in [6.07, 6.45) is 2.99. The van der Waals surface area contributed by atoms with Gasteiger partial charge in [0.2, 0.25) is 9.70 Å². The molecule has 2 aromatic carbocycles. The summed E-state index contributed by atoms with van der Waals surface area (Å²) in [5.74, 6) is -0.376. The first-order valence-electron chi connectivity index (χ1n) is 10.1. The highest BCUT2D eigenvalue weighted by Gasteiger charge is 2.42. The van der Waals surface area contributed by atoms with Gasteiger partial charge in [0.1, 0.15) is 0 Å². The summed E-state index contributed by atoms with van der Waals surface area (Å²) in [5, 5.41) is 3.31. The van der Waals surface area contributed by atoms with Gasteiger partial charge < -0.3 is 20.0 Å². The van der Waals surface area contributed by atoms with Crippen LogP contribution in [0.3, 0.4) is 0 Å². The maximum Gasteiger partial charge on any atom is 0.245 e. The van der Waals surface area contributed by atoms with Crippen molar-refractivity contribution < 1.29 is 4.79 Å². The third-order valence-electron chi connectivity index (χ3n) is 5.04. The van der Waals surface area contributed by atoms with Gasteiger partial charge in [0.05, 0.1) is 11.4 Å². The van der Waals surface area contributed by atoms with Crippen LogP contribution in [0.15, 0.2) is 60.7 Å². The number of carbonyl (C=O) groups excluding carboxylic acids is 1. The molecule has 2 aromatic rings. The van der Waals surface area contributed by atoms with E-state index in [0.29, 0.717) is 11.7 Å². The topological polar surface area (TPSA) is 38.8 Å². The molecule has 0 aliphatic carbocycles. The Morgan fingerprint density at radius 2 is 1.75 bits per heavy atom. The molecule has 1 N–H and O–H groups in total. The molecule has 5 nitrogen and oxygen atoms in total. The van der Waals surface area contributed by atoms with Crippen molar-refractivity contribution in [2.24, 2.45) is 0 Å². The molecule has 3 rings (SSSR count). The van der Waals surface area contributed by atoms with E-state index in [0.717, 1.165) is 29.9 Å². The molecule has 0 spiro atoms. The molecule has 1 atom stereocenters. The van der Waals surface area contributed by atoms with Gasteiger partial charge in [0, 0.05) is 33.3 Å². The first kappa shape index (κ1) is 24.6. The number of alkyl halides is 3. The molecule has 170 valence electrons. The Labute approximate surface area is 209 Å². The highest BCUT2D eigenvalue weighted by Crippen LogP contribution is 2.36. The molecule has 1 unspecified atom stereocenters. The second kappa shape index (κ2) is 10.8. The monoisotopic (exact) mass is 510 g/mol. The Morgan fingerprint density at radius 1 is 1.09 bits per heavy atom. The molecule has 0 bridgehead atoms. The maximum absolute atomic E-state index is 12.7. The lowest BCUT2D eigenvalue weighted by molar-refractivity contribution is -0.117. The molecule has 1 saturated heterocycles. The van der Waals surface area contributed by atoms with Gasteiger partial charge in [-0.2, -0.15) is 0 Å². The number of para-hydroxylation sites is 2. The number of amides is 1. The normalized spacial score (nSPS) is 15.7. The van der Waals surface area contributed by atoms with Crippen molar-refractivity contribution in [3.63, 3.8) is 0 Å². The predicted octanol–water partition coefficient (Wildman–Crippen LogP) is 5.08. The van der Waals surface area contributed by atoms with Gasteiger partial charge in [-0.25, -0.2) is 0 Å². The number of nitrogens with zero attached hydrogens (tertiary/aromatic N) is 3. The molecule has 1 fully saturated rings. The standard InChI is InChI=1S/C23H25Cl3N4OS/c1-28(2)18-11-6-7-12-19(18)29-15-8-16-30(22(29)32)21(23(24,25)26)27-20(31)14-13-17-9-4-3-5-10-17/h3-7,9-14,21H,8,15-16H2,1-2H3,(H,27,31)/b14-13+. The van der Waals surface area contributed by atoms with Crippen LogP contribution in [0.25, 0.3) is 6.08 Å². The zero-order valence-electron chi connectivity index (χ0n) is 17.8. The van der Waals surface area contributed by atoms with Crippen LogP contribution in [0.5, 0.6) is 0 Å². The quantitative estimate of drug-likeness (QED) is 0.333. The zero-order chi connectivity index (χ0) is 23.3. The highest BCUT2D eigenvalue weighted by atomic mass is 35.6. The Bertz CT molecular complexity index is 979. The lowest BCUT2D eigenvalue weighted by atomic mass is 10.2. The first-order chi connectivity index (χ1) is 15.2. The number of carbonyl (C=O) groups is 1. The third kappa shape index (κ3) is 6.07. The van der Waals surface area contributed by atoms with Crippen LogP contribution in [0, 0.1) is 0 Å².